The number of aryl methyl sites for hydroxylation is 1. The summed E-state index contributed by atoms with van der Waals surface area (Å²) in [6.45, 7) is 8.32. The Labute approximate surface area is 147 Å². The summed E-state index contributed by atoms with van der Waals surface area (Å²) in [4.78, 5) is 14.2. The monoisotopic (exact) mass is 346 g/mol. The molecule has 0 saturated carbocycles. The van der Waals surface area contributed by atoms with E-state index in [9.17, 15) is 0 Å². The molecule has 4 rings (SSSR count). The van der Waals surface area contributed by atoms with E-state index in [-0.39, 0.29) is 0 Å². The second kappa shape index (κ2) is 7.33. The molecule has 5 nitrogen and oxygen atoms in total. The van der Waals surface area contributed by atoms with Crippen molar-refractivity contribution in [3.8, 4) is 0 Å². The number of hydrogen-bond donors (Lipinski definition) is 1. The lowest BCUT2D eigenvalue weighted by Gasteiger charge is -2.26. The van der Waals surface area contributed by atoms with Crippen molar-refractivity contribution in [2.24, 2.45) is 5.92 Å². The molecular formula is C18H26N4OS. The van der Waals surface area contributed by atoms with Crippen LogP contribution in [0.5, 0.6) is 0 Å². The third-order valence-electron chi connectivity index (χ3n) is 5.14. The lowest BCUT2D eigenvalue weighted by molar-refractivity contribution is 0.0378. The Morgan fingerprint density at radius 3 is 3.08 bits per heavy atom. The molecule has 6 heteroatoms. The highest BCUT2D eigenvalue weighted by Crippen LogP contribution is 2.39. The zero-order valence-electron chi connectivity index (χ0n) is 14.4. The van der Waals surface area contributed by atoms with Crippen LogP contribution in [0.4, 0.5) is 5.82 Å². The Morgan fingerprint density at radius 1 is 1.33 bits per heavy atom. The molecule has 1 saturated heterocycles. The van der Waals surface area contributed by atoms with Gasteiger partial charge in [0.15, 0.2) is 0 Å². The van der Waals surface area contributed by atoms with Gasteiger partial charge >= 0.3 is 0 Å². The van der Waals surface area contributed by atoms with Crippen LogP contribution in [0.25, 0.3) is 10.2 Å². The van der Waals surface area contributed by atoms with E-state index >= 15 is 0 Å². The Balaban J connectivity index is 1.42. The zero-order valence-corrected chi connectivity index (χ0v) is 15.2. The van der Waals surface area contributed by atoms with Crippen molar-refractivity contribution in [3.05, 3.63) is 16.8 Å². The van der Waals surface area contributed by atoms with Crippen LogP contribution in [-0.4, -0.2) is 54.3 Å². The fourth-order valence-electron chi connectivity index (χ4n) is 3.74. The summed E-state index contributed by atoms with van der Waals surface area (Å²) >= 11 is 1.87. The first-order valence-electron chi connectivity index (χ1n) is 9.10. The molecule has 1 N–H and O–H groups in total. The maximum Gasteiger partial charge on any atom is 0.138 e. The number of nitrogens with one attached hydrogen (secondary N) is 1. The highest BCUT2D eigenvalue weighted by Gasteiger charge is 2.22. The van der Waals surface area contributed by atoms with E-state index in [1.165, 1.54) is 35.1 Å². The predicted octanol–water partition coefficient (Wildman–Crippen LogP) is 2.95. The van der Waals surface area contributed by atoms with E-state index in [4.69, 9.17) is 4.74 Å². The first-order valence-corrected chi connectivity index (χ1v) is 9.92. The van der Waals surface area contributed by atoms with E-state index in [1.54, 1.807) is 6.33 Å². The molecule has 24 heavy (non-hydrogen) atoms. The van der Waals surface area contributed by atoms with Crippen LogP contribution in [0.1, 0.15) is 30.2 Å². The summed E-state index contributed by atoms with van der Waals surface area (Å²) in [5, 5.41) is 4.86. The second-order valence-electron chi connectivity index (χ2n) is 6.99. The summed E-state index contributed by atoms with van der Waals surface area (Å²) in [5.74, 6) is 1.83. The molecule has 3 heterocycles. The van der Waals surface area contributed by atoms with Crippen LogP contribution < -0.4 is 5.32 Å². The second-order valence-corrected chi connectivity index (χ2v) is 8.07. The van der Waals surface area contributed by atoms with Gasteiger partial charge in [0.1, 0.15) is 17.0 Å². The van der Waals surface area contributed by atoms with Crippen molar-refractivity contribution < 1.29 is 4.74 Å². The van der Waals surface area contributed by atoms with Crippen LogP contribution in [0.3, 0.4) is 0 Å². The van der Waals surface area contributed by atoms with Crippen molar-refractivity contribution in [3.63, 3.8) is 0 Å². The number of fused-ring (bicyclic) bond motifs is 3. The van der Waals surface area contributed by atoms with Gasteiger partial charge in [-0.3, -0.25) is 4.90 Å². The largest absolute Gasteiger partial charge is 0.379 e. The van der Waals surface area contributed by atoms with E-state index in [0.29, 0.717) is 0 Å². The number of anilines is 1. The molecule has 1 aliphatic heterocycles. The summed E-state index contributed by atoms with van der Waals surface area (Å²) in [7, 11) is 0. The van der Waals surface area contributed by atoms with Gasteiger partial charge in [-0.25, -0.2) is 9.97 Å². The Morgan fingerprint density at radius 2 is 2.21 bits per heavy atom. The van der Waals surface area contributed by atoms with Crippen LogP contribution in [0, 0.1) is 5.92 Å². The molecule has 1 aliphatic carbocycles. The third kappa shape index (κ3) is 3.41. The molecule has 130 valence electrons. The Bertz CT molecular complexity index is 696. The Kier molecular flexibility index (Phi) is 4.96. The maximum absolute atomic E-state index is 5.40. The third-order valence-corrected chi connectivity index (χ3v) is 6.30. The number of nitrogens with zero attached hydrogens (tertiary/aromatic N) is 3. The lowest BCUT2D eigenvalue weighted by atomic mass is 9.89. The lowest BCUT2D eigenvalue weighted by Crippen LogP contribution is -2.37. The molecule has 0 aromatic carbocycles. The van der Waals surface area contributed by atoms with Crippen LogP contribution in [0.2, 0.25) is 0 Å². The van der Waals surface area contributed by atoms with E-state index < -0.39 is 0 Å². The maximum atomic E-state index is 5.40. The van der Waals surface area contributed by atoms with Gasteiger partial charge in [0.05, 0.1) is 18.6 Å². The average molecular weight is 347 g/mol. The molecule has 1 atom stereocenters. The minimum atomic E-state index is 0.795. The van der Waals surface area contributed by atoms with E-state index in [2.05, 4.69) is 27.1 Å². The fourth-order valence-corrected chi connectivity index (χ4v) is 5.09. The van der Waals surface area contributed by atoms with Crippen molar-refractivity contribution in [2.75, 3.05) is 44.7 Å². The predicted molar refractivity (Wildman–Crippen MR) is 99.0 cm³/mol. The number of thiophene rings is 1. The van der Waals surface area contributed by atoms with E-state index in [1.807, 2.05) is 11.3 Å². The summed E-state index contributed by atoms with van der Waals surface area (Å²) in [6, 6.07) is 0. The van der Waals surface area contributed by atoms with Gasteiger partial charge in [-0.15, -0.1) is 11.3 Å². The first kappa shape index (κ1) is 16.2. The van der Waals surface area contributed by atoms with E-state index in [0.717, 1.165) is 62.4 Å². The Hall–Kier alpha value is -1.24. The van der Waals surface area contributed by atoms with Crippen molar-refractivity contribution >= 4 is 27.4 Å². The number of morpholine rings is 1. The highest BCUT2D eigenvalue weighted by atomic mass is 32.1. The summed E-state index contributed by atoms with van der Waals surface area (Å²) in [6.07, 6.45) is 6.50. The van der Waals surface area contributed by atoms with Gasteiger partial charge < -0.3 is 10.1 Å². The summed E-state index contributed by atoms with van der Waals surface area (Å²) in [5.41, 5.74) is 1.50. The standard InChI is InChI=1S/C18H26N4OS/c1-13-3-4-14-15(11-13)24-18-16(14)17(20-12-21-18)19-5-2-6-22-7-9-23-10-8-22/h12-13H,2-11H2,1H3,(H,19,20,21)/t13-/m1/s1. The zero-order chi connectivity index (χ0) is 16.4. The van der Waals surface area contributed by atoms with Gasteiger partial charge in [-0.1, -0.05) is 6.92 Å². The van der Waals surface area contributed by atoms with Gasteiger partial charge in [0.2, 0.25) is 0 Å². The normalized spacial score (nSPS) is 21.8. The summed E-state index contributed by atoms with van der Waals surface area (Å²) < 4.78 is 5.40. The molecule has 0 unspecified atom stereocenters. The molecule has 2 aromatic heterocycles. The number of aromatic nitrogens is 2. The van der Waals surface area contributed by atoms with Crippen LogP contribution in [-0.2, 0) is 17.6 Å². The van der Waals surface area contributed by atoms with Gasteiger partial charge in [0, 0.05) is 24.5 Å². The number of hydrogen-bond acceptors (Lipinski definition) is 6. The first-order chi connectivity index (χ1) is 11.8. The van der Waals surface area contributed by atoms with Gasteiger partial charge in [-0.05, 0) is 43.7 Å². The van der Waals surface area contributed by atoms with Gasteiger partial charge in [0.25, 0.3) is 0 Å². The number of ether oxygens (including phenoxy) is 1. The highest BCUT2D eigenvalue weighted by molar-refractivity contribution is 7.19. The van der Waals surface area contributed by atoms with Crippen molar-refractivity contribution in [1.82, 2.24) is 14.9 Å². The van der Waals surface area contributed by atoms with Crippen molar-refractivity contribution in [2.45, 2.75) is 32.6 Å². The van der Waals surface area contributed by atoms with Gasteiger partial charge in [-0.2, -0.15) is 0 Å². The minimum absolute atomic E-state index is 0.795. The quantitative estimate of drug-likeness (QED) is 0.844. The van der Waals surface area contributed by atoms with Crippen LogP contribution in [0.15, 0.2) is 6.33 Å². The molecule has 0 amide bonds. The topological polar surface area (TPSA) is 50.3 Å². The molecule has 0 spiro atoms. The molecule has 2 aromatic rings. The SMILES string of the molecule is C[C@@H]1CCc2c(sc3ncnc(NCCCN4CCOCC4)c23)C1. The molecule has 0 bridgehead atoms. The average Bonchev–Trinajstić information content (AvgIpc) is 2.97. The minimum Gasteiger partial charge on any atom is -0.379 e. The molecule has 0 radical (unpaired) electrons. The molecule has 1 fully saturated rings. The van der Waals surface area contributed by atoms with Crippen molar-refractivity contribution in [1.29, 1.82) is 0 Å². The van der Waals surface area contributed by atoms with Crippen LogP contribution >= 0.6 is 11.3 Å². The smallest absolute Gasteiger partial charge is 0.138 e. The fraction of sp³-hybridized carbons (Fsp3) is 0.667. The molecule has 2 aliphatic rings. The molecular weight excluding hydrogens is 320 g/mol. The number of rotatable bonds is 5.